The smallest absolute Gasteiger partial charge is 0.407 e. The number of nitrogens with zero attached hydrogens (tertiary/aromatic N) is 2. The summed E-state index contributed by atoms with van der Waals surface area (Å²) in [5, 5.41) is 4.72. The van der Waals surface area contributed by atoms with Crippen LogP contribution in [0.25, 0.3) is 10.2 Å². The number of rotatable bonds is 5. The topological polar surface area (TPSA) is 118 Å². The average Bonchev–Trinajstić information content (AvgIpc) is 3.46. The van der Waals surface area contributed by atoms with Gasteiger partial charge in [0.2, 0.25) is 11.8 Å². The third-order valence-corrected chi connectivity index (χ3v) is 8.19. The van der Waals surface area contributed by atoms with Crippen molar-refractivity contribution in [1.82, 2.24) is 20.5 Å². The van der Waals surface area contributed by atoms with E-state index in [1.165, 1.54) is 28.4 Å². The monoisotopic (exact) mass is 540 g/mol. The van der Waals surface area contributed by atoms with Crippen LogP contribution in [0.15, 0.2) is 29.8 Å². The number of imide groups is 1. The number of benzene rings is 2. The van der Waals surface area contributed by atoms with E-state index in [1.807, 2.05) is 0 Å². The van der Waals surface area contributed by atoms with Crippen molar-refractivity contribution in [3.05, 3.63) is 63.7 Å². The lowest BCUT2D eigenvalue weighted by Crippen LogP contribution is -2.52. The van der Waals surface area contributed by atoms with Gasteiger partial charge in [-0.25, -0.2) is 18.6 Å². The van der Waals surface area contributed by atoms with Gasteiger partial charge in [0, 0.05) is 30.6 Å². The minimum atomic E-state index is -0.842. The minimum absolute atomic E-state index is 0.0607. The molecule has 12 heteroatoms. The van der Waals surface area contributed by atoms with Crippen LogP contribution < -0.4 is 10.6 Å². The zero-order chi connectivity index (χ0) is 26.6. The molecule has 0 unspecified atom stereocenters. The first-order valence-electron chi connectivity index (χ1n) is 12.2. The van der Waals surface area contributed by atoms with Crippen LogP contribution in [0.3, 0.4) is 0 Å². The molecule has 2 aromatic carbocycles. The van der Waals surface area contributed by atoms with Crippen LogP contribution in [-0.2, 0) is 27.4 Å². The second kappa shape index (κ2) is 9.43. The van der Waals surface area contributed by atoms with Gasteiger partial charge in [0.1, 0.15) is 23.8 Å². The van der Waals surface area contributed by atoms with Gasteiger partial charge in [-0.3, -0.25) is 19.7 Å². The Morgan fingerprint density at radius 1 is 1.18 bits per heavy atom. The van der Waals surface area contributed by atoms with E-state index < -0.39 is 41.8 Å². The Bertz CT molecular complexity index is 1500. The lowest BCUT2D eigenvalue weighted by Gasteiger charge is -2.35. The number of halogens is 2. The third kappa shape index (κ3) is 4.18. The number of carbonyl (C=O) groups is 4. The van der Waals surface area contributed by atoms with Crippen molar-refractivity contribution in [2.75, 3.05) is 0 Å². The molecular formula is C26H22F2N4O5S. The number of ether oxygens (including phenoxy) is 1. The van der Waals surface area contributed by atoms with Crippen LogP contribution in [-0.4, -0.2) is 45.8 Å². The maximum Gasteiger partial charge on any atom is 0.407 e. The molecule has 6 rings (SSSR count). The van der Waals surface area contributed by atoms with E-state index in [4.69, 9.17) is 4.74 Å². The number of piperidine rings is 1. The fraction of sp³-hybridized carbons (Fsp3) is 0.346. The van der Waals surface area contributed by atoms with Gasteiger partial charge < -0.3 is 15.0 Å². The van der Waals surface area contributed by atoms with Crippen LogP contribution in [0.2, 0.25) is 0 Å². The molecule has 1 aliphatic carbocycles. The number of fused-ring (bicyclic) bond motifs is 2. The van der Waals surface area contributed by atoms with E-state index in [0.717, 1.165) is 4.70 Å². The van der Waals surface area contributed by atoms with Crippen LogP contribution in [0.1, 0.15) is 58.6 Å². The molecule has 38 heavy (non-hydrogen) atoms. The molecular weight excluding hydrogens is 518 g/mol. The highest BCUT2D eigenvalue weighted by molar-refractivity contribution is 7.16. The molecule has 3 heterocycles. The molecule has 0 spiro atoms. The fourth-order valence-electron chi connectivity index (χ4n) is 5.36. The van der Waals surface area contributed by atoms with Crippen molar-refractivity contribution in [2.45, 2.75) is 56.8 Å². The van der Waals surface area contributed by atoms with Crippen LogP contribution in [0, 0.1) is 11.6 Å². The van der Waals surface area contributed by atoms with Crippen molar-refractivity contribution in [1.29, 1.82) is 0 Å². The van der Waals surface area contributed by atoms with E-state index in [-0.39, 0.29) is 48.8 Å². The van der Waals surface area contributed by atoms with E-state index >= 15 is 4.39 Å². The van der Waals surface area contributed by atoms with Gasteiger partial charge in [0.25, 0.3) is 5.91 Å². The summed E-state index contributed by atoms with van der Waals surface area (Å²) in [6, 6.07) is 5.35. The molecule has 0 radical (unpaired) electrons. The van der Waals surface area contributed by atoms with Crippen LogP contribution in [0.5, 0.6) is 0 Å². The number of hydrogen-bond acceptors (Lipinski definition) is 7. The number of hydrogen-bond donors (Lipinski definition) is 2. The lowest BCUT2D eigenvalue weighted by atomic mass is 9.77. The zero-order valence-electron chi connectivity index (χ0n) is 20.0. The molecule has 2 aliphatic heterocycles. The molecule has 1 saturated carbocycles. The summed E-state index contributed by atoms with van der Waals surface area (Å²) in [5.41, 5.74) is 3.25. The van der Waals surface area contributed by atoms with E-state index in [1.54, 1.807) is 17.6 Å². The number of nitrogens with one attached hydrogen (secondary N) is 2. The Morgan fingerprint density at radius 2 is 2.00 bits per heavy atom. The van der Waals surface area contributed by atoms with Gasteiger partial charge in [0.05, 0.1) is 21.3 Å². The quantitative estimate of drug-likeness (QED) is 0.479. The normalized spacial score (nSPS) is 22.7. The molecule has 3 aromatic rings. The maximum atomic E-state index is 15.3. The number of carbonyl (C=O) groups excluding carboxylic acids is 4. The number of thiazole rings is 1. The first kappa shape index (κ1) is 24.4. The Kier molecular flexibility index (Phi) is 6.05. The Balaban J connectivity index is 1.05. The van der Waals surface area contributed by atoms with Gasteiger partial charge in [-0.05, 0) is 42.9 Å². The first-order chi connectivity index (χ1) is 18.3. The highest BCUT2D eigenvalue weighted by Gasteiger charge is 2.41. The third-order valence-electron chi connectivity index (χ3n) is 7.40. The van der Waals surface area contributed by atoms with Crippen molar-refractivity contribution in [2.24, 2.45) is 0 Å². The SMILES string of the molecule is O=C1CC[C@H](N2Cc3ccc(CNC(=O)OC4CC(c5c(F)ccc6scnc56)C4)c(F)c3C2=O)C(=O)N1. The van der Waals surface area contributed by atoms with Crippen molar-refractivity contribution in [3.63, 3.8) is 0 Å². The minimum Gasteiger partial charge on any atom is -0.446 e. The van der Waals surface area contributed by atoms with Gasteiger partial charge >= 0.3 is 6.09 Å². The van der Waals surface area contributed by atoms with E-state index in [0.29, 0.717) is 29.5 Å². The van der Waals surface area contributed by atoms with Gasteiger partial charge in [-0.2, -0.15) is 0 Å². The lowest BCUT2D eigenvalue weighted by molar-refractivity contribution is -0.136. The highest BCUT2D eigenvalue weighted by Crippen LogP contribution is 2.43. The standard InChI is InChI=1S/C26H22F2N4O5S/c27-16-3-5-18-23(30-11-38-18)20(16)14-7-15(8-14)37-26(36)29-9-12-1-2-13-10-32(25(35)21(13)22(12)28)17-4-6-19(33)31-24(17)34/h1-3,5,11,14-15,17H,4,6-10H2,(H,29,36)(H,31,33,34)/t14?,15?,17-/m0/s1. The van der Waals surface area contributed by atoms with Crippen LogP contribution in [0.4, 0.5) is 13.6 Å². The number of amides is 4. The second-order valence-corrected chi connectivity index (χ2v) is 10.6. The van der Waals surface area contributed by atoms with Crippen LogP contribution >= 0.6 is 11.3 Å². The van der Waals surface area contributed by atoms with Crippen molar-refractivity contribution >= 4 is 45.4 Å². The zero-order valence-corrected chi connectivity index (χ0v) is 20.8. The summed E-state index contributed by atoms with van der Waals surface area (Å²) in [4.78, 5) is 54.4. The first-order valence-corrected chi connectivity index (χ1v) is 13.1. The summed E-state index contributed by atoms with van der Waals surface area (Å²) in [5.74, 6) is -2.79. The second-order valence-electron chi connectivity index (χ2n) is 9.68. The largest absolute Gasteiger partial charge is 0.446 e. The summed E-state index contributed by atoms with van der Waals surface area (Å²) in [6.45, 7) is -0.141. The molecule has 2 N–H and O–H groups in total. The van der Waals surface area contributed by atoms with E-state index in [9.17, 15) is 23.6 Å². The number of aromatic nitrogens is 1. The highest BCUT2D eigenvalue weighted by atomic mass is 32.1. The molecule has 1 aromatic heterocycles. The Morgan fingerprint density at radius 3 is 2.79 bits per heavy atom. The fourth-order valence-corrected chi connectivity index (χ4v) is 6.06. The molecule has 196 valence electrons. The summed E-state index contributed by atoms with van der Waals surface area (Å²) < 4.78 is 36.0. The summed E-state index contributed by atoms with van der Waals surface area (Å²) >= 11 is 1.44. The molecule has 4 amide bonds. The van der Waals surface area contributed by atoms with Gasteiger partial charge in [-0.15, -0.1) is 11.3 Å². The predicted molar refractivity (Wildman–Crippen MR) is 131 cm³/mol. The number of alkyl carbamates (subject to hydrolysis) is 1. The Hall–Kier alpha value is -3.93. The summed E-state index contributed by atoms with van der Waals surface area (Å²) in [6.07, 6.45) is 0.0597. The van der Waals surface area contributed by atoms with Crippen molar-refractivity contribution < 1.29 is 32.7 Å². The predicted octanol–water partition coefficient (Wildman–Crippen LogP) is 3.51. The summed E-state index contributed by atoms with van der Waals surface area (Å²) in [7, 11) is 0. The van der Waals surface area contributed by atoms with Gasteiger partial charge in [0.15, 0.2) is 0 Å². The average molecular weight is 541 g/mol. The molecule has 1 saturated heterocycles. The van der Waals surface area contributed by atoms with Crippen molar-refractivity contribution in [3.8, 4) is 0 Å². The molecule has 1 atom stereocenters. The molecule has 3 aliphatic rings. The Labute approximate surface area is 219 Å². The molecule has 0 bridgehead atoms. The van der Waals surface area contributed by atoms with Gasteiger partial charge in [-0.1, -0.05) is 12.1 Å². The molecule has 9 nitrogen and oxygen atoms in total. The van der Waals surface area contributed by atoms with E-state index in [2.05, 4.69) is 15.6 Å². The maximum absolute atomic E-state index is 15.3. The molecule has 2 fully saturated rings.